The summed E-state index contributed by atoms with van der Waals surface area (Å²) in [6.45, 7) is -0.0391. The number of nitrogens with one attached hydrogen (secondary N) is 1. The highest BCUT2D eigenvalue weighted by Gasteiger charge is 2.12. The highest BCUT2D eigenvalue weighted by atomic mass is 19.1. The Morgan fingerprint density at radius 1 is 1.56 bits per heavy atom. The molecule has 0 radical (unpaired) electrons. The predicted molar refractivity (Wildman–Crippen MR) is 60.0 cm³/mol. The maximum Gasteiger partial charge on any atom is 0.272 e. The summed E-state index contributed by atoms with van der Waals surface area (Å²) in [6, 6.07) is 3.13. The van der Waals surface area contributed by atoms with E-state index in [-0.39, 0.29) is 18.8 Å². The standard InChI is InChI=1S/C10H12FN3O4/c11-7-1-6(2-8(3-7)14(17)18)4-13-5-9(15)10(12)16/h1-3,9,13,15H,4-5H2,(H2,12,16). The van der Waals surface area contributed by atoms with Gasteiger partial charge in [-0.2, -0.15) is 0 Å². The number of carbonyl (C=O) groups excluding carboxylic acids is 1. The van der Waals surface area contributed by atoms with Gasteiger partial charge in [0.15, 0.2) is 0 Å². The summed E-state index contributed by atoms with van der Waals surface area (Å²) in [5.74, 6) is -1.61. The summed E-state index contributed by atoms with van der Waals surface area (Å²) in [7, 11) is 0. The molecule has 98 valence electrons. The van der Waals surface area contributed by atoms with Crippen molar-refractivity contribution in [1.82, 2.24) is 5.32 Å². The molecule has 0 aliphatic carbocycles. The average Bonchev–Trinajstić information content (AvgIpc) is 2.27. The zero-order valence-electron chi connectivity index (χ0n) is 9.30. The van der Waals surface area contributed by atoms with Crippen LogP contribution in [0.15, 0.2) is 18.2 Å². The molecule has 1 unspecified atom stereocenters. The molecule has 1 aromatic carbocycles. The Kier molecular flexibility index (Phi) is 4.69. The van der Waals surface area contributed by atoms with Crippen LogP contribution in [0.1, 0.15) is 5.56 Å². The van der Waals surface area contributed by atoms with Crippen LogP contribution >= 0.6 is 0 Å². The lowest BCUT2D eigenvalue weighted by Crippen LogP contribution is -2.37. The largest absolute Gasteiger partial charge is 0.382 e. The molecule has 0 spiro atoms. The Labute approximate surface area is 102 Å². The highest BCUT2D eigenvalue weighted by Crippen LogP contribution is 2.16. The Hall–Kier alpha value is -2.06. The summed E-state index contributed by atoms with van der Waals surface area (Å²) in [5.41, 5.74) is 4.80. The van der Waals surface area contributed by atoms with Crippen molar-refractivity contribution in [1.29, 1.82) is 0 Å². The van der Waals surface area contributed by atoms with E-state index in [1.807, 2.05) is 0 Å². The topological polar surface area (TPSA) is 118 Å². The van der Waals surface area contributed by atoms with E-state index in [2.05, 4.69) is 5.32 Å². The third-order valence-electron chi connectivity index (χ3n) is 2.15. The van der Waals surface area contributed by atoms with Crippen LogP contribution in [0, 0.1) is 15.9 Å². The van der Waals surface area contributed by atoms with Crippen LogP contribution in [0.4, 0.5) is 10.1 Å². The van der Waals surface area contributed by atoms with Crippen LogP contribution in [-0.2, 0) is 11.3 Å². The van der Waals surface area contributed by atoms with Gasteiger partial charge in [0.05, 0.1) is 11.0 Å². The quantitative estimate of drug-likeness (QED) is 0.476. The summed E-state index contributed by atoms with van der Waals surface area (Å²) in [4.78, 5) is 20.3. The lowest BCUT2D eigenvalue weighted by atomic mass is 10.2. The molecular weight excluding hydrogens is 245 g/mol. The molecular formula is C10H12FN3O4. The Morgan fingerprint density at radius 3 is 2.78 bits per heavy atom. The number of aliphatic hydroxyl groups is 1. The lowest BCUT2D eigenvalue weighted by molar-refractivity contribution is -0.385. The van der Waals surface area contributed by atoms with Gasteiger partial charge in [-0.05, 0) is 11.6 Å². The minimum atomic E-state index is -1.35. The fourth-order valence-electron chi connectivity index (χ4n) is 1.29. The number of nitrogens with zero attached hydrogens (tertiary/aromatic N) is 1. The van der Waals surface area contributed by atoms with Crippen LogP contribution in [0.3, 0.4) is 0 Å². The first-order valence-electron chi connectivity index (χ1n) is 5.02. The number of nitro groups is 1. The van der Waals surface area contributed by atoms with Crippen LogP contribution in [0.2, 0.25) is 0 Å². The molecule has 8 heteroatoms. The van der Waals surface area contributed by atoms with E-state index < -0.39 is 22.8 Å². The van der Waals surface area contributed by atoms with Crippen LogP contribution in [-0.4, -0.2) is 28.6 Å². The third-order valence-corrected chi connectivity index (χ3v) is 2.15. The molecule has 1 rings (SSSR count). The van der Waals surface area contributed by atoms with E-state index in [1.165, 1.54) is 6.07 Å². The first kappa shape index (κ1) is 14.0. The van der Waals surface area contributed by atoms with Crippen LogP contribution in [0.25, 0.3) is 0 Å². The number of hydrogen-bond acceptors (Lipinski definition) is 5. The van der Waals surface area contributed by atoms with Crippen molar-refractivity contribution < 1.29 is 19.2 Å². The van der Waals surface area contributed by atoms with Crippen molar-refractivity contribution in [2.45, 2.75) is 12.6 Å². The van der Waals surface area contributed by atoms with Gasteiger partial charge in [-0.15, -0.1) is 0 Å². The Balaban J connectivity index is 2.62. The fourth-order valence-corrected chi connectivity index (χ4v) is 1.29. The molecule has 0 saturated carbocycles. The van der Waals surface area contributed by atoms with Gasteiger partial charge in [-0.25, -0.2) is 4.39 Å². The number of halogens is 1. The maximum absolute atomic E-state index is 13.0. The van der Waals surface area contributed by atoms with Gasteiger partial charge in [0, 0.05) is 19.2 Å². The Bertz CT molecular complexity index is 466. The minimum Gasteiger partial charge on any atom is -0.382 e. The molecule has 1 aromatic rings. The van der Waals surface area contributed by atoms with Crippen molar-refractivity contribution in [3.63, 3.8) is 0 Å². The zero-order chi connectivity index (χ0) is 13.7. The van der Waals surface area contributed by atoms with E-state index in [9.17, 15) is 19.3 Å². The van der Waals surface area contributed by atoms with E-state index >= 15 is 0 Å². The summed E-state index contributed by atoms with van der Waals surface area (Å²) in [5, 5.41) is 22.2. The van der Waals surface area contributed by atoms with Gasteiger partial charge in [-0.3, -0.25) is 14.9 Å². The fraction of sp³-hybridized carbons (Fsp3) is 0.300. The number of hydrogen-bond donors (Lipinski definition) is 3. The Morgan fingerprint density at radius 2 is 2.22 bits per heavy atom. The number of carbonyl (C=O) groups is 1. The SMILES string of the molecule is NC(=O)C(O)CNCc1cc(F)cc([N+](=O)[O-])c1. The molecule has 0 fully saturated rings. The van der Waals surface area contributed by atoms with Gasteiger partial charge < -0.3 is 16.2 Å². The van der Waals surface area contributed by atoms with Gasteiger partial charge in [0.25, 0.3) is 5.69 Å². The maximum atomic E-state index is 13.0. The second kappa shape index (κ2) is 6.03. The average molecular weight is 257 g/mol. The molecule has 4 N–H and O–H groups in total. The minimum absolute atomic E-state index is 0.0724. The van der Waals surface area contributed by atoms with Crippen molar-refractivity contribution in [2.24, 2.45) is 5.73 Å². The number of nitro benzene ring substituents is 1. The van der Waals surface area contributed by atoms with Crippen molar-refractivity contribution in [3.8, 4) is 0 Å². The number of nitrogens with two attached hydrogens (primary N) is 1. The number of non-ortho nitro benzene ring substituents is 1. The van der Waals surface area contributed by atoms with Crippen molar-refractivity contribution in [3.05, 3.63) is 39.7 Å². The second-order valence-corrected chi connectivity index (χ2v) is 3.62. The highest BCUT2D eigenvalue weighted by molar-refractivity contribution is 5.78. The van der Waals surface area contributed by atoms with Gasteiger partial charge >= 0.3 is 0 Å². The van der Waals surface area contributed by atoms with E-state index in [0.29, 0.717) is 5.56 Å². The second-order valence-electron chi connectivity index (χ2n) is 3.62. The molecule has 0 saturated heterocycles. The number of aliphatic hydroxyl groups excluding tert-OH is 1. The monoisotopic (exact) mass is 257 g/mol. The smallest absolute Gasteiger partial charge is 0.272 e. The van der Waals surface area contributed by atoms with E-state index in [4.69, 9.17) is 10.8 Å². The first-order chi connectivity index (χ1) is 8.40. The number of primary amides is 1. The summed E-state index contributed by atoms with van der Waals surface area (Å²) in [6.07, 6.45) is -1.35. The number of amides is 1. The van der Waals surface area contributed by atoms with Crippen LogP contribution < -0.4 is 11.1 Å². The summed E-state index contributed by atoms with van der Waals surface area (Å²) < 4.78 is 13.0. The number of rotatable bonds is 6. The predicted octanol–water partition coefficient (Wildman–Crippen LogP) is -0.330. The third kappa shape index (κ3) is 4.07. The van der Waals surface area contributed by atoms with Crippen molar-refractivity contribution in [2.75, 3.05) is 6.54 Å². The molecule has 0 aliphatic heterocycles. The molecule has 1 atom stereocenters. The molecule has 18 heavy (non-hydrogen) atoms. The molecule has 0 bridgehead atoms. The summed E-state index contributed by atoms with van der Waals surface area (Å²) >= 11 is 0. The molecule has 0 aliphatic rings. The normalized spacial score (nSPS) is 12.1. The van der Waals surface area contributed by atoms with E-state index in [1.54, 1.807) is 0 Å². The van der Waals surface area contributed by atoms with Gasteiger partial charge in [0.2, 0.25) is 5.91 Å². The molecule has 1 amide bonds. The van der Waals surface area contributed by atoms with E-state index in [0.717, 1.165) is 12.1 Å². The first-order valence-corrected chi connectivity index (χ1v) is 5.02. The van der Waals surface area contributed by atoms with Crippen molar-refractivity contribution >= 4 is 11.6 Å². The molecule has 7 nitrogen and oxygen atoms in total. The lowest BCUT2D eigenvalue weighted by Gasteiger charge is -2.08. The zero-order valence-corrected chi connectivity index (χ0v) is 9.30. The molecule has 0 aromatic heterocycles. The molecule has 0 heterocycles. The van der Waals surface area contributed by atoms with Crippen LogP contribution in [0.5, 0.6) is 0 Å². The van der Waals surface area contributed by atoms with Gasteiger partial charge in [-0.1, -0.05) is 0 Å². The number of benzene rings is 1. The van der Waals surface area contributed by atoms with Gasteiger partial charge in [0.1, 0.15) is 11.9 Å².